The third-order valence-electron chi connectivity index (χ3n) is 5.66. The molecule has 10 heteroatoms. The third-order valence-corrected chi connectivity index (χ3v) is 5.66. The number of anilines is 1. The molecule has 0 radical (unpaired) electrons. The van der Waals surface area contributed by atoms with Gasteiger partial charge in [0.1, 0.15) is 24.8 Å². The molecular formula is C20H23N9O. The van der Waals surface area contributed by atoms with Gasteiger partial charge in [-0.2, -0.15) is 5.10 Å². The largest absolute Gasteiger partial charge is 0.355 e. The third kappa shape index (κ3) is 3.86. The van der Waals surface area contributed by atoms with E-state index in [1.165, 1.54) is 18.2 Å². The summed E-state index contributed by atoms with van der Waals surface area (Å²) < 4.78 is 1.60. The average molecular weight is 405 g/mol. The van der Waals surface area contributed by atoms with Gasteiger partial charge >= 0.3 is 0 Å². The van der Waals surface area contributed by atoms with Crippen LogP contribution < -0.4 is 4.90 Å². The Labute approximate surface area is 174 Å². The molecule has 0 aliphatic carbocycles. The van der Waals surface area contributed by atoms with Gasteiger partial charge in [0.25, 0.3) is 0 Å². The van der Waals surface area contributed by atoms with E-state index in [0.29, 0.717) is 18.9 Å². The maximum atomic E-state index is 12.9. The summed E-state index contributed by atoms with van der Waals surface area (Å²) >= 11 is 0. The number of aromatic nitrogens is 6. The maximum absolute atomic E-state index is 12.9. The Morgan fingerprint density at radius 2 is 1.87 bits per heavy atom. The number of nitrogens with zero attached hydrogens (tertiary/aromatic N) is 9. The SMILES string of the molecule is O=C(C1CN(c2cc(-n3cncn3)ncn2)C1)N1CCN(Cc2cccnc2)CC1. The summed E-state index contributed by atoms with van der Waals surface area (Å²) in [7, 11) is 0. The second-order valence-corrected chi connectivity index (χ2v) is 7.64. The minimum Gasteiger partial charge on any atom is -0.355 e. The first-order chi connectivity index (χ1) is 14.8. The molecule has 0 bridgehead atoms. The van der Waals surface area contributed by atoms with E-state index in [1.807, 2.05) is 23.2 Å². The Balaban J connectivity index is 1.12. The van der Waals surface area contributed by atoms with E-state index < -0.39 is 0 Å². The molecule has 2 saturated heterocycles. The molecule has 10 nitrogen and oxygen atoms in total. The van der Waals surface area contributed by atoms with Gasteiger partial charge in [-0.05, 0) is 11.6 Å². The molecule has 0 aromatic carbocycles. The van der Waals surface area contributed by atoms with Crippen LogP contribution in [0.3, 0.4) is 0 Å². The zero-order valence-corrected chi connectivity index (χ0v) is 16.6. The molecule has 5 heterocycles. The van der Waals surface area contributed by atoms with E-state index in [-0.39, 0.29) is 11.8 Å². The van der Waals surface area contributed by atoms with Crippen molar-refractivity contribution in [2.45, 2.75) is 6.54 Å². The fourth-order valence-electron chi connectivity index (χ4n) is 3.92. The molecule has 0 N–H and O–H groups in total. The summed E-state index contributed by atoms with van der Waals surface area (Å²) in [5.74, 6) is 1.75. The standard InChI is InChI=1S/C20H23N9O/c30-20(27-6-4-26(5-7-27)10-16-2-1-3-21-9-16)17-11-28(12-17)18-8-19(24-14-23-18)29-15-22-13-25-29/h1-3,8-9,13-15,17H,4-7,10-12H2. The van der Waals surface area contributed by atoms with Gasteiger partial charge in [0.05, 0.1) is 5.92 Å². The van der Waals surface area contributed by atoms with E-state index in [1.54, 1.807) is 17.2 Å². The van der Waals surface area contributed by atoms with E-state index >= 15 is 0 Å². The highest BCUT2D eigenvalue weighted by atomic mass is 16.2. The first-order valence-corrected chi connectivity index (χ1v) is 10.1. The number of carbonyl (C=O) groups excluding carboxylic acids is 1. The number of piperazine rings is 1. The van der Waals surface area contributed by atoms with Gasteiger partial charge in [0.15, 0.2) is 5.82 Å². The summed E-state index contributed by atoms with van der Waals surface area (Å²) in [6.45, 7) is 5.59. The molecule has 3 aromatic heterocycles. The van der Waals surface area contributed by atoms with E-state index in [0.717, 1.165) is 38.5 Å². The van der Waals surface area contributed by atoms with Gasteiger partial charge in [-0.25, -0.2) is 19.6 Å². The number of pyridine rings is 1. The summed E-state index contributed by atoms with van der Waals surface area (Å²) in [5, 5.41) is 4.10. The van der Waals surface area contributed by atoms with Gasteiger partial charge in [0, 0.05) is 64.3 Å². The number of hydrogen-bond acceptors (Lipinski definition) is 8. The highest BCUT2D eigenvalue weighted by molar-refractivity contribution is 5.82. The van der Waals surface area contributed by atoms with Crippen LogP contribution in [0, 0.1) is 5.92 Å². The fourth-order valence-corrected chi connectivity index (χ4v) is 3.92. The Morgan fingerprint density at radius 3 is 2.60 bits per heavy atom. The molecular weight excluding hydrogens is 382 g/mol. The molecule has 0 saturated carbocycles. The van der Waals surface area contributed by atoms with Gasteiger partial charge in [-0.1, -0.05) is 6.07 Å². The number of amides is 1. The van der Waals surface area contributed by atoms with Gasteiger partial charge in [0.2, 0.25) is 5.91 Å². The first kappa shape index (κ1) is 18.6. The van der Waals surface area contributed by atoms with Crippen LogP contribution in [0.15, 0.2) is 49.6 Å². The molecule has 0 spiro atoms. The molecule has 2 aliphatic heterocycles. The van der Waals surface area contributed by atoms with Gasteiger partial charge in [-0.15, -0.1) is 0 Å². The Hall–Kier alpha value is -3.40. The monoisotopic (exact) mass is 405 g/mol. The van der Waals surface area contributed by atoms with Crippen molar-refractivity contribution in [1.29, 1.82) is 0 Å². The minimum absolute atomic E-state index is 0.0275. The van der Waals surface area contributed by atoms with Crippen LogP contribution in [0.25, 0.3) is 5.82 Å². The van der Waals surface area contributed by atoms with Crippen molar-refractivity contribution in [2.24, 2.45) is 5.92 Å². The normalized spacial score (nSPS) is 17.7. The highest BCUT2D eigenvalue weighted by Crippen LogP contribution is 2.25. The van der Waals surface area contributed by atoms with Gasteiger partial charge < -0.3 is 9.80 Å². The van der Waals surface area contributed by atoms with E-state index in [9.17, 15) is 4.79 Å². The fraction of sp³-hybridized carbons (Fsp3) is 0.400. The number of carbonyl (C=O) groups is 1. The van der Waals surface area contributed by atoms with Crippen molar-refractivity contribution >= 4 is 11.7 Å². The predicted molar refractivity (Wildman–Crippen MR) is 109 cm³/mol. The molecule has 3 aromatic rings. The smallest absolute Gasteiger partial charge is 0.229 e. The number of rotatable bonds is 5. The maximum Gasteiger partial charge on any atom is 0.229 e. The quantitative estimate of drug-likeness (QED) is 0.595. The summed E-state index contributed by atoms with van der Waals surface area (Å²) in [6, 6.07) is 5.92. The lowest BCUT2D eigenvalue weighted by atomic mass is 9.98. The van der Waals surface area contributed by atoms with E-state index in [4.69, 9.17) is 0 Å². The Bertz CT molecular complexity index is 981. The average Bonchev–Trinajstić information content (AvgIpc) is 3.29. The highest BCUT2D eigenvalue weighted by Gasteiger charge is 2.37. The van der Waals surface area contributed by atoms with Crippen LogP contribution in [0.2, 0.25) is 0 Å². The second-order valence-electron chi connectivity index (χ2n) is 7.64. The molecule has 2 aliphatic rings. The summed E-state index contributed by atoms with van der Waals surface area (Å²) in [6.07, 6.45) is 8.28. The van der Waals surface area contributed by atoms with Crippen molar-refractivity contribution < 1.29 is 4.79 Å². The topological polar surface area (TPSA) is 96.2 Å². The van der Waals surface area contributed by atoms with Crippen molar-refractivity contribution in [3.63, 3.8) is 0 Å². The van der Waals surface area contributed by atoms with Gasteiger partial charge in [-0.3, -0.25) is 14.7 Å². The summed E-state index contributed by atoms with van der Waals surface area (Å²) in [5.41, 5.74) is 1.21. The first-order valence-electron chi connectivity index (χ1n) is 10.1. The van der Waals surface area contributed by atoms with Crippen LogP contribution in [-0.2, 0) is 11.3 Å². The van der Waals surface area contributed by atoms with Crippen LogP contribution in [0.1, 0.15) is 5.56 Å². The zero-order valence-electron chi connectivity index (χ0n) is 16.6. The molecule has 0 atom stereocenters. The van der Waals surface area contributed by atoms with Crippen LogP contribution in [0.5, 0.6) is 0 Å². The molecule has 2 fully saturated rings. The lowest BCUT2D eigenvalue weighted by Crippen LogP contribution is -2.58. The molecule has 5 rings (SSSR count). The van der Waals surface area contributed by atoms with Crippen LogP contribution in [0.4, 0.5) is 5.82 Å². The molecule has 30 heavy (non-hydrogen) atoms. The number of hydrogen-bond donors (Lipinski definition) is 0. The predicted octanol–water partition coefficient (Wildman–Crippen LogP) is 0.233. The zero-order chi connectivity index (χ0) is 20.3. The molecule has 154 valence electrons. The Kier molecular flexibility index (Phi) is 5.06. The van der Waals surface area contributed by atoms with Crippen molar-refractivity contribution in [3.05, 3.63) is 55.1 Å². The van der Waals surface area contributed by atoms with Crippen LogP contribution >= 0.6 is 0 Å². The molecule has 1 amide bonds. The lowest BCUT2D eigenvalue weighted by Gasteiger charge is -2.43. The van der Waals surface area contributed by atoms with E-state index in [2.05, 4.69) is 40.9 Å². The lowest BCUT2D eigenvalue weighted by molar-refractivity contribution is -0.138. The summed E-state index contributed by atoms with van der Waals surface area (Å²) in [4.78, 5) is 36.1. The van der Waals surface area contributed by atoms with Crippen molar-refractivity contribution in [2.75, 3.05) is 44.2 Å². The van der Waals surface area contributed by atoms with Crippen LogP contribution in [-0.4, -0.2) is 84.7 Å². The second kappa shape index (κ2) is 8.15. The molecule has 0 unspecified atom stereocenters. The van der Waals surface area contributed by atoms with Crippen molar-refractivity contribution in [1.82, 2.24) is 39.5 Å². The van der Waals surface area contributed by atoms with Crippen molar-refractivity contribution in [3.8, 4) is 5.82 Å². The minimum atomic E-state index is 0.0275. The Morgan fingerprint density at radius 1 is 1.03 bits per heavy atom.